The molecule has 1 heterocycles. The molecule has 0 saturated heterocycles. The van der Waals surface area contributed by atoms with E-state index in [1.54, 1.807) is 0 Å². The van der Waals surface area contributed by atoms with Crippen LogP contribution in [0.4, 0.5) is 17.1 Å². The lowest BCUT2D eigenvalue weighted by atomic mass is 9.74. The topological polar surface area (TPSA) is 3.24 Å². The Morgan fingerprint density at radius 3 is 1.70 bits per heavy atom. The van der Waals surface area contributed by atoms with Crippen molar-refractivity contribution in [1.29, 1.82) is 0 Å². The molecule has 0 atom stereocenters. The molecule has 0 spiro atoms. The maximum absolute atomic E-state index is 2.45. The van der Waals surface area contributed by atoms with Crippen LogP contribution in [0.2, 0.25) is 0 Å². The Balaban J connectivity index is 1.16. The minimum Gasteiger partial charge on any atom is -0.310 e. The van der Waals surface area contributed by atoms with Crippen LogP contribution in [0.25, 0.3) is 42.4 Å². The van der Waals surface area contributed by atoms with Crippen molar-refractivity contribution in [2.24, 2.45) is 0 Å². The molecule has 8 aromatic rings. The molecule has 7 aromatic carbocycles. The third-order valence-corrected chi connectivity index (χ3v) is 10.9. The van der Waals surface area contributed by atoms with E-state index in [0.717, 1.165) is 17.1 Å². The summed E-state index contributed by atoms with van der Waals surface area (Å²) >= 11 is 1.88. The first-order valence-electron chi connectivity index (χ1n) is 15.9. The van der Waals surface area contributed by atoms with Gasteiger partial charge in [0.05, 0.1) is 0 Å². The van der Waals surface area contributed by atoms with Gasteiger partial charge in [-0.05, 0) is 94.4 Å². The second kappa shape index (κ2) is 10.6. The predicted octanol–water partition coefficient (Wildman–Crippen LogP) is 12.5. The summed E-state index contributed by atoms with van der Waals surface area (Å²) < 4.78 is 2.61. The normalized spacial score (nSPS) is 13.1. The van der Waals surface area contributed by atoms with Gasteiger partial charge in [-0.2, -0.15) is 0 Å². The highest BCUT2D eigenvalue weighted by atomic mass is 32.1. The standard InChI is InChI=1S/C44H31NS/c1-44(40-18-10-8-16-36(40)37-17-9-11-19-41(37)44)32-22-27-42-39(28-32)38-26-25-35(29-43(38)46-42)45(33-14-6-3-7-15-33)34-23-20-31(21-24-34)30-12-4-2-5-13-30/h2-29H,1H3. The summed E-state index contributed by atoms with van der Waals surface area (Å²) in [5, 5.41) is 2.63. The van der Waals surface area contributed by atoms with Gasteiger partial charge in [-0.3, -0.25) is 0 Å². The first-order chi connectivity index (χ1) is 22.7. The van der Waals surface area contributed by atoms with Gasteiger partial charge in [0, 0.05) is 42.6 Å². The zero-order valence-corrected chi connectivity index (χ0v) is 26.3. The summed E-state index contributed by atoms with van der Waals surface area (Å²) in [5.74, 6) is 0. The Labute approximate surface area is 273 Å². The third-order valence-electron chi connectivity index (χ3n) is 9.76. The molecule has 1 nitrogen and oxygen atoms in total. The van der Waals surface area contributed by atoms with Crippen molar-refractivity contribution in [3.05, 3.63) is 187 Å². The van der Waals surface area contributed by atoms with Gasteiger partial charge in [0.1, 0.15) is 0 Å². The fraction of sp³-hybridized carbons (Fsp3) is 0.0455. The molecule has 1 aliphatic rings. The van der Waals surface area contributed by atoms with Crippen LogP contribution in [-0.4, -0.2) is 0 Å². The second-order valence-electron chi connectivity index (χ2n) is 12.3. The molecule has 2 heteroatoms. The molecule has 0 unspecified atom stereocenters. The van der Waals surface area contributed by atoms with Crippen molar-refractivity contribution >= 4 is 48.6 Å². The Hall–Kier alpha value is -5.44. The van der Waals surface area contributed by atoms with E-state index in [-0.39, 0.29) is 5.41 Å². The number of benzene rings is 7. The fourth-order valence-corrected chi connectivity index (χ4v) is 8.56. The molecule has 1 aromatic heterocycles. The number of rotatable bonds is 5. The fourth-order valence-electron chi connectivity index (χ4n) is 7.44. The molecule has 0 N–H and O–H groups in total. The van der Waals surface area contributed by atoms with Gasteiger partial charge in [-0.25, -0.2) is 0 Å². The van der Waals surface area contributed by atoms with Gasteiger partial charge in [-0.15, -0.1) is 11.3 Å². The molecule has 0 saturated carbocycles. The van der Waals surface area contributed by atoms with E-state index in [1.807, 2.05) is 11.3 Å². The van der Waals surface area contributed by atoms with E-state index in [1.165, 1.54) is 59.1 Å². The second-order valence-corrected chi connectivity index (χ2v) is 13.4. The summed E-state index contributed by atoms with van der Waals surface area (Å²) in [6.45, 7) is 2.40. The number of hydrogen-bond donors (Lipinski definition) is 0. The summed E-state index contributed by atoms with van der Waals surface area (Å²) in [6.07, 6.45) is 0. The predicted molar refractivity (Wildman–Crippen MR) is 197 cm³/mol. The SMILES string of the molecule is CC1(c2ccc3sc4cc(N(c5ccccc5)c5ccc(-c6ccccc6)cc5)ccc4c3c2)c2ccccc2-c2ccccc21. The molecule has 0 radical (unpaired) electrons. The Kier molecular flexibility index (Phi) is 6.19. The zero-order valence-electron chi connectivity index (χ0n) is 25.5. The van der Waals surface area contributed by atoms with Crippen molar-refractivity contribution < 1.29 is 0 Å². The Bertz CT molecular complexity index is 2320. The molecule has 0 bridgehead atoms. The molecule has 0 fully saturated rings. The Morgan fingerprint density at radius 2 is 1.00 bits per heavy atom. The largest absolute Gasteiger partial charge is 0.310 e. The van der Waals surface area contributed by atoms with Crippen LogP contribution in [0.3, 0.4) is 0 Å². The van der Waals surface area contributed by atoms with E-state index in [4.69, 9.17) is 0 Å². The number of para-hydroxylation sites is 1. The van der Waals surface area contributed by atoms with Crippen molar-refractivity contribution in [2.75, 3.05) is 4.90 Å². The number of hydrogen-bond acceptors (Lipinski definition) is 2. The lowest BCUT2D eigenvalue weighted by molar-refractivity contribution is 0.715. The highest BCUT2D eigenvalue weighted by Crippen LogP contribution is 2.53. The summed E-state index contributed by atoms with van der Waals surface area (Å²) in [7, 11) is 0. The molecule has 1 aliphatic carbocycles. The van der Waals surface area contributed by atoms with Crippen molar-refractivity contribution in [2.45, 2.75) is 12.3 Å². The third kappa shape index (κ3) is 4.14. The molecular formula is C44H31NS. The first-order valence-corrected chi connectivity index (χ1v) is 16.7. The molecule has 9 rings (SSSR count). The minimum absolute atomic E-state index is 0.203. The summed E-state index contributed by atoms with van der Waals surface area (Å²) in [4.78, 5) is 2.36. The van der Waals surface area contributed by atoms with Crippen LogP contribution >= 0.6 is 11.3 Å². The average molecular weight is 606 g/mol. The summed E-state index contributed by atoms with van der Waals surface area (Å²) in [6, 6.07) is 62.1. The Morgan fingerprint density at radius 1 is 0.435 bits per heavy atom. The van der Waals surface area contributed by atoms with Gasteiger partial charge in [0.2, 0.25) is 0 Å². The molecule has 0 aliphatic heterocycles. The van der Waals surface area contributed by atoms with E-state index in [9.17, 15) is 0 Å². The lowest BCUT2D eigenvalue weighted by Gasteiger charge is -2.28. The number of nitrogens with zero attached hydrogens (tertiary/aromatic N) is 1. The van der Waals surface area contributed by atoms with Crippen LogP contribution in [0.5, 0.6) is 0 Å². The number of thiophene rings is 1. The number of fused-ring (bicyclic) bond motifs is 6. The van der Waals surface area contributed by atoms with Crippen LogP contribution in [-0.2, 0) is 5.41 Å². The quantitative estimate of drug-likeness (QED) is 0.189. The van der Waals surface area contributed by atoms with Crippen molar-refractivity contribution in [3.63, 3.8) is 0 Å². The lowest BCUT2D eigenvalue weighted by Crippen LogP contribution is -2.22. The van der Waals surface area contributed by atoms with Gasteiger partial charge in [0.15, 0.2) is 0 Å². The van der Waals surface area contributed by atoms with E-state index >= 15 is 0 Å². The maximum atomic E-state index is 2.45. The maximum Gasteiger partial charge on any atom is 0.0476 e. The van der Waals surface area contributed by atoms with Crippen molar-refractivity contribution in [3.8, 4) is 22.3 Å². The first kappa shape index (κ1) is 26.9. The van der Waals surface area contributed by atoms with Gasteiger partial charge >= 0.3 is 0 Å². The summed E-state index contributed by atoms with van der Waals surface area (Å²) in [5.41, 5.74) is 12.5. The number of anilines is 3. The van der Waals surface area contributed by atoms with Gasteiger partial charge < -0.3 is 4.90 Å². The highest BCUT2D eigenvalue weighted by Gasteiger charge is 2.40. The molecule has 218 valence electrons. The van der Waals surface area contributed by atoms with Crippen molar-refractivity contribution in [1.82, 2.24) is 0 Å². The van der Waals surface area contributed by atoms with Gasteiger partial charge in [-0.1, -0.05) is 121 Å². The zero-order chi connectivity index (χ0) is 30.7. The highest BCUT2D eigenvalue weighted by molar-refractivity contribution is 7.25. The average Bonchev–Trinajstić information content (AvgIpc) is 3.62. The monoisotopic (exact) mass is 605 g/mol. The van der Waals surface area contributed by atoms with E-state index in [2.05, 4.69) is 182 Å². The van der Waals surface area contributed by atoms with Crippen LogP contribution in [0.1, 0.15) is 23.6 Å². The van der Waals surface area contributed by atoms with Crippen LogP contribution in [0.15, 0.2) is 170 Å². The van der Waals surface area contributed by atoms with Gasteiger partial charge in [0.25, 0.3) is 0 Å². The molecule has 46 heavy (non-hydrogen) atoms. The smallest absolute Gasteiger partial charge is 0.0476 e. The van der Waals surface area contributed by atoms with E-state index in [0.29, 0.717) is 0 Å². The minimum atomic E-state index is -0.203. The van der Waals surface area contributed by atoms with E-state index < -0.39 is 0 Å². The van der Waals surface area contributed by atoms with Crippen LogP contribution in [0, 0.1) is 0 Å². The van der Waals surface area contributed by atoms with Crippen LogP contribution < -0.4 is 4.90 Å². The molecule has 0 amide bonds. The molecular weight excluding hydrogens is 575 g/mol.